The van der Waals surface area contributed by atoms with E-state index in [-0.39, 0.29) is 17.6 Å². The van der Waals surface area contributed by atoms with Crippen LogP contribution in [0.4, 0.5) is 10.5 Å². The number of pyridine rings is 1. The Labute approximate surface area is 174 Å². The Morgan fingerprint density at radius 1 is 0.933 bits per heavy atom. The predicted molar refractivity (Wildman–Crippen MR) is 113 cm³/mol. The molecule has 0 aliphatic carbocycles. The van der Waals surface area contributed by atoms with Gasteiger partial charge in [-0.25, -0.2) is 4.79 Å². The van der Waals surface area contributed by atoms with E-state index in [1.54, 1.807) is 43.5 Å². The number of amides is 3. The second-order valence-corrected chi connectivity index (χ2v) is 6.24. The zero-order chi connectivity index (χ0) is 21.3. The van der Waals surface area contributed by atoms with Crippen molar-refractivity contribution in [2.24, 2.45) is 0 Å². The van der Waals surface area contributed by atoms with E-state index >= 15 is 0 Å². The second kappa shape index (κ2) is 9.92. The number of hydrogen-bond donors (Lipinski definition) is 3. The number of nitrogens with one attached hydrogen (secondary N) is 3. The van der Waals surface area contributed by atoms with Crippen molar-refractivity contribution in [3.05, 3.63) is 78.1 Å². The number of anilines is 1. The number of benzene rings is 2. The molecule has 0 bridgehead atoms. The summed E-state index contributed by atoms with van der Waals surface area (Å²) in [6, 6.07) is 17.2. The summed E-state index contributed by atoms with van der Waals surface area (Å²) < 4.78 is 10.9. The maximum Gasteiger partial charge on any atom is 0.319 e. The van der Waals surface area contributed by atoms with Gasteiger partial charge in [0.1, 0.15) is 22.9 Å². The Hall–Kier alpha value is -4.07. The molecule has 1 heterocycles. The first-order valence-corrected chi connectivity index (χ1v) is 9.21. The summed E-state index contributed by atoms with van der Waals surface area (Å²) in [6.07, 6.45) is 1.50. The number of carbonyl (C=O) groups is 2. The summed E-state index contributed by atoms with van der Waals surface area (Å²) in [5.41, 5.74) is 1.85. The second-order valence-electron chi connectivity index (χ2n) is 6.24. The van der Waals surface area contributed by atoms with Gasteiger partial charge in [-0.15, -0.1) is 0 Å². The molecule has 0 saturated carbocycles. The third kappa shape index (κ3) is 5.71. The van der Waals surface area contributed by atoms with Gasteiger partial charge < -0.3 is 25.4 Å². The molecule has 0 spiro atoms. The van der Waals surface area contributed by atoms with E-state index in [1.807, 2.05) is 24.3 Å². The third-order valence-corrected chi connectivity index (χ3v) is 4.15. The van der Waals surface area contributed by atoms with E-state index in [9.17, 15) is 9.59 Å². The first-order valence-electron chi connectivity index (χ1n) is 9.21. The van der Waals surface area contributed by atoms with Gasteiger partial charge in [0.25, 0.3) is 5.91 Å². The van der Waals surface area contributed by atoms with Gasteiger partial charge in [-0.05, 0) is 48.0 Å². The zero-order valence-electron chi connectivity index (χ0n) is 16.6. The Balaban J connectivity index is 1.52. The molecule has 2 aromatic carbocycles. The quantitative estimate of drug-likeness (QED) is 0.557. The molecule has 8 nitrogen and oxygen atoms in total. The lowest BCUT2D eigenvalue weighted by Crippen LogP contribution is -2.28. The highest BCUT2D eigenvalue weighted by molar-refractivity contribution is 5.92. The smallest absolute Gasteiger partial charge is 0.319 e. The van der Waals surface area contributed by atoms with Crippen molar-refractivity contribution in [1.29, 1.82) is 0 Å². The summed E-state index contributed by atoms with van der Waals surface area (Å²) in [6.45, 7) is 0.396. The van der Waals surface area contributed by atoms with Gasteiger partial charge in [0.05, 0.1) is 7.11 Å². The van der Waals surface area contributed by atoms with Gasteiger partial charge >= 0.3 is 6.03 Å². The number of nitrogens with zero attached hydrogens (tertiary/aromatic N) is 1. The number of aromatic nitrogens is 1. The molecule has 0 saturated heterocycles. The van der Waals surface area contributed by atoms with Crippen LogP contribution in [0.3, 0.4) is 0 Å². The fourth-order valence-electron chi connectivity index (χ4n) is 2.57. The SMILES string of the molecule is CNC(=O)c1cc(Oc2ccc(NC(=O)NCc3ccc(OC)cc3)cc2)ccn1. The van der Waals surface area contributed by atoms with Crippen molar-refractivity contribution in [2.45, 2.75) is 6.54 Å². The van der Waals surface area contributed by atoms with Crippen LogP contribution in [0.15, 0.2) is 66.9 Å². The molecule has 0 atom stereocenters. The maximum absolute atomic E-state index is 12.1. The molecule has 30 heavy (non-hydrogen) atoms. The van der Waals surface area contributed by atoms with Gasteiger partial charge in [0.15, 0.2) is 0 Å². The molecule has 0 aliphatic rings. The van der Waals surface area contributed by atoms with E-state index in [1.165, 1.54) is 13.2 Å². The number of ether oxygens (including phenoxy) is 2. The Morgan fingerprint density at radius 2 is 1.63 bits per heavy atom. The van der Waals surface area contributed by atoms with E-state index in [4.69, 9.17) is 9.47 Å². The van der Waals surface area contributed by atoms with Crippen LogP contribution in [0.2, 0.25) is 0 Å². The third-order valence-electron chi connectivity index (χ3n) is 4.15. The van der Waals surface area contributed by atoms with Crippen LogP contribution in [-0.4, -0.2) is 31.1 Å². The summed E-state index contributed by atoms with van der Waals surface area (Å²) in [7, 11) is 3.15. The van der Waals surface area contributed by atoms with Crippen LogP contribution in [0.5, 0.6) is 17.2 Å². The fraction of sp³-hybridized carbons (Fsp3) is 0.136. The van der Waals surface area contributed by atoms with E-state index < -0.39 is 0 Å². The topological polar surface area (TPSA) is 102 Å². The summed E-state index contributed by atoms with van der Waals surface area (Å²) in [5, 5.41) is 8.07. The average Bonchev–Trinajstić information content (AvgIpc) is 2.79. The predicted octanol–water partition coefficient (Wildman–Crippen LogP) is 3.56. The molecule has 8 heteroatoms. The Bertz CT molecular complexity index is 1000. The van der Waals surface area contributed by atoms with Crippen LogP contribution >= 0.6 is 0 Å². The average molecular weight is 406 g/mol. The van der Waals surface area contributed by atoms with Crippen molar-refractivity contribution < 1.29 is 19.1 Å². The van der Waals surface area contributed by atoms with Crippen LogP contribution in [-0.2, 0) is 6.54 Å². The lowest BCUT2D eigenvalue weighted by atomic mass is 10.2. The highest BCUT2D eigenvalue weighted by Crippen LogP contribution is 2.23. The standard InChI is InChI=1S/C22H22N4O4/c1-23-21(27)20-13-19(11-12-24-20)30-18-9-5-16(6-10-18)26-22(28)25-14-15-3-7-17(29-2)8-4-15/h3-13H,14H2,1-2H3,(H,23,27)(H2,25,26,28). The highest BCUT2D eigenvalue weighted by Gasteiger charge is 2.07. The van der Waals surface area contributed by atoms with Crippen LogP contribution in [0, 0.1) is 0 Å². The monoisotopic (exact) mass is 406 g/mol. The number of methoxy groups -OCH3 is 1. The number of carbonyl (C=O) groups excluding carboxylic acids is 2. The van der Waals surface area contributed by atoms with Crippen molar-refractivity contribution in [1.82, 2.24) is 15.6 Å². The lowest BCUT2D eigenvalue weighted by molar-refractivity contribution is 0.0958. The fourth-order valence-corrected chi connectivity index (χ4v) is 2.57. The molecule has 3 aromatic rings. The summed E-state index contributed by atoms with van der Waals surface area (Å²) in [4.78, 5) is 27.7. The van der Waals surface area contributed by atoms with Crippen LogP contribution < -0.4 is 25.4 Å². The van der Waals surface area contributed by atoms with Gasteiger partial charge in [-0.1, -0.05) is 12.1 Å². The molecule has 3 N–H and O–H groups in total. The summed E-state index contributed by atoms with van der Waals surface area (Å²) in [5.74, 6) is 1.53. The van der Waals surface area contributed by atoms with Gasteiger partial charge in [-0.3, -0.25) is 9.78 Å². The normalized spacial score (nSPS) is 10.1. The minimum atomic E-state index is -0.316. The van der Waals surface area contributed by atoms with Crippen LogP contribution in [0.25, 0.3) is 0 Å². The molecule has 0 unspecified atom stereocenters. The largest absolute Gasteiger partial charge is 0.497 e. The Morgan fingerprint density at radius 3 is 2.30 bits per heavy atom. The van der Waals surface area contributed by atoms with Crippen molar-refractivity contribution in [3.63, 3.8) is 0 Å². The first kappa shape index (κ1) is 20.7. The Kier molecular flexibility index (Phi) is 6.83. The highest BCUT2D eigenvalue weighted by atomic mass is 16.5. The summed E-state index contributed by atoms with van der Waals surface area (Å²) >= 11 is 0. The minimum absolute atomic E-state index is 0.266. The van der Waals surface area contributed by atoms with Crippen LogP contribution in [0.1, 0.15) is 16.1 Å². The molecule has 0 radical (unpaired) electrons. The molecule has 0 aliphatic heterocycles. The van der Waals surface area contributed by atoms with Gasteiger partial charge in [-0.2, -0.15) is 0 Å². The number of urea groups is 1. The zero-order valence-corrected chi connectivity index (χ0v) is 16.6. The lowest BCUT2D eigenvalue weighted by Gasteiger charge is -2.10. The van der Waals surface area contributed by atoms with E-state index in [0.29, 0.717) is 23.7 Å². The van der Waals surface area contributed by atoms with Crippen molar-refractivity contribution in [3.8, 4) is 17.2 Å². The number of rotatable bonds is 7. The molecule has 0 fully saturated rings. The first-order chi connectivity index (χ1) is 14.6. The molecule has 3 rings (SSSR count). The molecular weight excluding hydrogens is 384 g/mol. The molecule has 154 valence electrons. The molecule has 3 amide bonds. The minimum Gasteiger partial charge on any atom is -0.497 e. The molecular formula is C22H22N4O4. The van der Waals surface area contributed by atoms with Crippen molar-refractivity contribution >= 4 is 17.6 Å². The number of hydrogen-bond acceptors (Lipinski definition) is 5. The van der Waals surface area contributed by atoms with Gasteiger partial charge in [0, 0.05) is 31.5 Å². The van der Waals surface area contributed by atoms with Crippen molar-refractivity contribution in [2.75, 3.05) is 19.5 Å². The van der Waals surface area contributed by atoms with Gasteiger partial charge in [0.2, 0.25) is 0 Å². The van der Waals surface area contributed by atoms with E-state index in [2.05, 4.69) is 20.9 Å². The van der Waals surface area contributed by atoms with E-state index in [0.717, 1.165) is 11.3 Å². The molecule has 1 aromatic heterocycles. The maximum atomic E-state index is 12.1.